The topological polar surface area (TPSA) is 68.7 Å². The van der Waals surface area contributed by atoms with E-state index in [-0.39, 0.29) is 17.7 Å². The Balaban J connectivity index is 1.51. The summed E-state index contributed by atoms with van der Waals surface area (Å²) < 4.78 is 11.0. The van der Waals surface area contributed by atoms with Crippen molar-refractivity contribution in [1.82, 2.24) is 9.88 Å². The molecule has 0 atom stereocenters. The van der Waals surface area contributed by atoms with Crippen LogP contribution in [0.1, 0.15) is 17.5 Å². The van der Waals surface area contributed by atoms with Gasteiger partial charge in [0, 0.05) is 15.8 Å². The van der Waals surface area contributed by atoms with Crippen molar-refractivity contribution in [1.29, 1.82) is 0 Å². The third-order valence-corrected chi connectivity index (χ3v) is 6.94. The van der Waals surface area contributed by atoms with Crippen molar-refractivity contribution in [2.24, 2.45) is 0 Å². The molecule has 6 nitrogen and oxygen atoms in total. The van der Waals surface area contributed by atoms with E-state index in [1.807, 2.05) is 48.0 Å². The van der Waals surface area contributed by atoms with Gasteiger partial charge in [-0.25, -0.2) is 4.98 Å². The van der Waals surface area contributed by atoms with Crippen LogP contribution in [0.2, 0.25) is 0 Å². The van der Waals surface area contributed by atoms with Crippen molar-refractivity contribution in [2.75, 3.05) is 13.7 Å². The minimum atomic E-state index is -0.282. The van der Waals surface area contributed by atoms with Gasteiger partial charge < -0.3 is 9.47 Å². The number of methoxy groups -OCH3 is 1. The second-order valence-electron chi connectivity index (χ2n) is 6.23. The Bertz CT molecular complexity index is 1110. The van der Waals surface area contributed by atoms with E-state index >= 15 is 0 Å². The van der Waals surface area contributed by atoms with E-state index in [2.05, 4.69) is 4.98 Å². The van der Waals surface area contributed by atoms with Crippen LogP contribution in [-0.2, 0) is 11.3 Å². The van der Waals surface area contributed by atoms with Gasteiger partial charge in [-0.15, -0.1) is 22.7 Å². The van der Waals surface area contributed by atoms with Crippen LogP contribution in [0.15, 0.2) is 46.0 Å². The second kappa shape index (κ2) is 9.03. The van der Waals surface area contributed by atoms with Gasteiger partial charge in [0.1, 0.15) is 5.01 Å². The zero-order chi connectivity index (χ0) is 21.1. The molecule has 0 radical (unpaired) electrons. The van der Waals surface area contributed by atoms with Gasteiger partial charge in [-0.3, -0.25) is 14.5 Å². The third kappa shape index (κ3) is 4.28. The van der Waals surface area contributed by atoms with Crippen molar-refractivity contribution in [2.45, 2.75) is 13.5 Å². The number of aromatic nitrogens is 1. The maximum absolute atomic E-state index is 12.7. The van der Waals surface area contributed by atoms with Crippen LogP contribution in [-0.4, -0.2) is 34.7 Å². The Hall–Kier alpha value is -2.62. The van der Waals surface area contributed by atoms with E-state index in [0.717, 1.165) is 27.2 Å². The normalized spacial score (nSPS) is 15.3. The van der Waals surface area contributed by atoms with Crippen molar-refractivity contribution in [3.8, 4) is 22.1 Å². The summed E-state index contributed by atoms with van der Waals surface area (Å²) in [5.74, 6) is 1.03. The molecule has 0 unspecified atom stereocenters. The van der Waals surface area contributed by atoms with Gasteiger partial charge in [0.2, 0.25) is 0 Å². The lowest BCUT2D eigenvalue weighted by atomic mass is 10.2. The zero-order valence-corrected chi connectivity index (χ0v) is 18.7. The number of rotatable bonds is 7. The Morgan fingerprint density at radius 2 is 2.03 bits per heavy atom. The number of ether oxygens (including phenoxy) is 2. The molecule has 2 amide bonds. The van der Waals surface area contributed by atoms with Crippen LogP contribution in [0.5, 0.6) is 11.5 Å². The number of hydrogen-bond donors (Lipinski definition) is 0. The number of thiazole rings is 1. The van der Waals surface area contributed by atoms with E-state index in [1.165, 1.54) is 27.6 Å². The number of nitrogens with zero attached hydrogens (tertiary/aromatic N) is 2. The number of amides is 2. The van der Waals surface area contributed by atoms with Crippen molar-refractivity contribution in [3.05, 3.63) is 56.6 Å². The van der Waals surface area contributed by atoms with Gasteiger partial charge in [0.25, 0.3) is 11.1 Å². The van der Waals surface area contributed by atoms with Crippen molar-refractivity contribution < 1.29 is 19.1 Å². The Morgan fingerprint density at radius 1 is 1.17 bits per heavy atom. The molecule has 0 spiro atoms. The molecule has 1 aliphatic rings. The lowest BCUT2D eigenvalue weighted by molar-refractivity contribution is -0.123. The molecule has 1 aliphatic heterocycles. The van der Waals surface area contributed by atoms with Gasteiger partial charge in [-0.05, 0) is 54.4 Å². The number of imide groups is 1. The highest BCUT2D eigenvalue weighted by Crippen LogP contribution is 2.36. The summed E-state index contributed by atoms with van der Waals surface area (Å²) in [5, 5.41) is 4.31. The standard InChI is InChI=1S/C21H18N2O4S3/c1-3-27-16-7-6-13(9-17(16)26-2)19-22-14(12-29-19)11-23-20(24)18(30-21(23)25)10-15-5-4-8-28-15/h4-10,12H,3,11H2,1-2H3/b18-10-. The summed E-state index contributed by atoms with van der Waals surface area (Å²) in [7, 11) is 1.60. The summed E-state index contributed by atoms with van der Waals surface area (Å²) in [6.45, 7) is 2.62. The molecule has 30 heavy (non-hydrogen) atoms. The van der Waals surface area contributed by atoms with Crippen LogP contribution in [0, 0.1) is 0 Å². The molecule has 2 aromatic heterocycles. The lowest BCUT2D eigenvalue weighted by Gasteiger charge is -2.10. The predicted octanol–water partition coefficient (Wildman–Crippen LogP) is 5.52. The molecule has 154 valence electrons. The first kappa shape index (κ1) is 20.6. The van der Waals surface area contributed by atoms with Gasteiger partial charge in [-0.1, -0.05) is 6.07 Å². The molecular weight excluding hydrogens is 440 g/mol. The molecule has 9 heteroatoms. The molecule has 4 rings (SSSR count). The number of carbonyl (C=O) groups excluding carboxylic acids is 2. The molecule has 0 saturated carbocycles. The molecule has 3 heterocycles. The van der Waals surface area contributed by atoms with Gasteiger partial charge in [0.05, 0.1) is 30.9 Å². The van der Waals surface area contributed by atoms with Crippen LogP contribution >= 0.6 is 34.4 Å². The van der Waals surface area contributed by atoms with Crippen LogP contribution < -0.4 is 9.47 Å². The summed E-state index contributed by atoms with van der Waals surface area (Å²) in [5.41, 5.74) is 1.56. The highest BCUT2D eigenvalue weighted by atomic mass is 32.2. The fraction of sp³-hybridized carbons (Fsp3) is 0.190. The van der Waals surface area contributed by atoms with Crippen LogP contribution in [0.25, 0.3) is 16.6 Å². The lowest BCUT2D eigenvalue weighted by Crippen LogP contribution is -2.27. The molecule has 1 fully saturated rings. The highest BCUT2D eigenvalue weighted by Gasteiger charge is 2.35. The summed E-state index contributed by atoms with van der Waals surface area (Å²) in [6, 6.07) is 9.46. The summed E-state index contributed by atoms with van der Waals surface area (Å²) in [4.78, 5) is 32.3. The van der Waals surface area contributed by atoms with E-state index < -0.39 is 0 Å². The Kier molecular flexibility index (Phi) is 6.21. The average molecular weight is 459 g/mol. The van der Waals surface area contributed by atoms with Crippen LogP contribution in [0.4, 0.5) is 4.79 Å². The van der Waals surface area contributed by atoms with E-state index in [9.17, 15) is 9.59 Å². The van der Waals surface area contributed by atoms with Gasteiger partial charge >= 0.3 is 0 Å². The molecule has 0 N–H and O–H groups in total. The third-order valence-electron chi connectivity index (χ3n) is 4.27. The fourth-order valence-electron chi connectivity index (χ4n) is 2.89. The van der Waals surface area contributed by atoms with Gasteiger partial charge in [0.15, 0.2) is 11.5 Å². The molecule has 0 aliphatic carbocycles. The minimum absolute atomic E-state index is 0.150. The molecular formula is C21H18N2O4S3. The van der Waals surface area contributed by atoms with E-state index in [1.54, 1.807) is 13.2 Å². The van der Waals surface area contributed by atoms with Crippen molar-refractivity contribution >= 4 is 51.7 Å². The van der Waals surface area contributed by atoms with Gasteiger partial charge in [-0.2, -0.15) is 0 Å². The second-order valence-corrected chi connectivity index (χ2v) is 9.06. The molecule has 1 saturated heterocycles. The van der Waals surface area contributed by atoms with E-state index in [0.29, 0.717) is 28.7 Å². The summed E-state index contributed by atoms with van der Waals surface area (Å²) in [6.07, 6.45) is 1.76. The predicted molar refractivity (Wildman–Crippen MR) is 121 cm³/mol. The smallest absolute Gasteiger partial charge is 0.293 e. The minimum Gasteiger partial charge on any atom is -0.493 e. The SMILES string of the molecule is CCOc1ccc(-c2nc(CN3C(=O)S/C(=C\c4cccs4)C3=O)cs2)cc1OC. The zero-order valence-electron chi connectivity index (χ0n) is 16.3. The number of hydrogen-bond acceptors (Lipinski definition) is 8. The summed E-state index contributed by atoms with van der Waals surface area (Å²) >= 11 is 3.94. The van der Waals surface area contributed by atoms with Crippen LogP contribution in [0.3, 0.4) is 0 Å². The Morgan fingerprint density at radius 3 is 2.77 bits per heavy atom. The number of thioether (sulfide) groups is 1. The number of thiophene rings is 1. The number of carbonyl (C=O) groups is 2. The van der Waals surface area contributed by atoms with Crippen molar-refractivity contribution in [3.63, 3.8) is 0 Å². The molecule has 3 aromatic rings. The molecule has 0 bridgehead atoms. The molecule has 1 aromatic carbocycles. The number of benzene rings is 1. The first-order valence-corrected chi connectivity index (χ1v) is 11.7. The maximum Gasteiger partial charge on any atom is 0.293 e. The first-order chi connectivity index (χ1) is 14.6. The highest BCUT2D eigenvalue weighted by molar-refractivity contribution is 8.18. The van der Waals surface area contributed by atoms with E-state index in [4.69, 9.17) is 9.47 Å². The monoisotopic (exact) mass is 458 g/mol. The first-order valence-electron chi connectivity index (χ1n) is 9.13. The average Bonchev–Trinajstić information content (AvgIpc) is 3.48. The Labute approximate surface area is 186 Å². The fourth-order valence-corrected chi connectivity index (χ4v) is 5.26. The quantitative estimate of drug-likeness (QED) is 0.435. The maximum atomic E-state index is 12.7. The largest absolute Gasteiger partial charge is 0.493 e.